The molecule has 3 rings (SSSR count). The van der Waals surface area contributed by atoms with Gasteiger partial charge in [0, 0.05) is 18.6 Å². The lowest BCUT2D eigenvalue weighted by molar-refractivity contribution is -0.127. The SMILES string of the molecule is O=C(CSc1nnnn1-c1ccccc1)C(C(=O)C(Cl)(Cl)Cl)c1cnccn1. The zero-order valence-corrected chi connectivity index (χ0v) is 17.0. The highest BCUT2D eigenvalue weighted by Crippen LogP contribution is 2.34. The van der Waals surface area contributed by atoms with Crippen LogP contribution in [0.2, 0.25) is 0 Å². The van der Waals surface area contributed by atoms with E-state index < -0.39 is 21.3 Å². The Kier molecular flexibility index (Phi) is 6.61. The highest BCUT2D eigenvalue weighted by Gasteiger charge is 2.42. The summed E-state index contributed by atoms with van der Waals surface area (Å²) in [5.41, 5.74) is 0.831. The lowest BCUT2D eigenvalue weighted by Crippen LogP contribution is -2.33. The fourth-order valence-corrected chi connectivity index (χ4v) is 3.41. The molecule has 1 unspecified atom stereocenters. The van der Waals surface area contributed by atoms with Gasteiger partial charge in [-0.05, 0) is 22.6 Å². The van der Waals surface area contributed by atoms with Crippen molar-refractivity contribution in [3.63, 3.8) is 0 Å². The minimum Gasteiger partial charge on any atom is -0.298 e. The topological polar surface area (TPSA) is 104 Å². The number of aromatic nitrogens is 6. The molecule has 0 aliphatic carbocycles. The first kappa shape index (κ1) is 20.7. The molecule has 8 nitrogen and oxygen atoms in total. The monoisotopic (exact) mass is 456 g/mol. The van der Waals surface area contributed by atoms with Gasteiger partial charge in [0.15, 0.2) is 5.78 Å². The van der Waals surface area contributed by atoms with Gasteiger partial charge in [-0.15, -0.1) is 5.10 Å². The van der Waals surface area contributed by atoms with Crippen molar-refractivity contribution in [2.45, 2.75) is 14.9 Å². The van der Waals surface area contributed by atoms with Crippen LogP contribution in [0.4, 0.5) is 0 Å². The molecular weight excluding hydrogens is 447 g/mol. The van der Waals surface area contributed by atoms with E-state index in [-0.39, 0.29) is 11.4 Å². The number of tetrazole rings is 1. The third-order valence-electron chi connectivity index (χ3n) is 3.53. The molecule has 0 aliphatic heterocycles. The van der Waals surface area contributed by atoms with Gasteiger partial charge in [-0.3, -0.25) is 19.6 Å². The largest absolute Gasteiger partial charge is 0.298 e. The molecule has 0 spiro atoms. The molecular formula is C16H11Cl3N6O2S. The average molecular weight is 458 g/mol. The Labute approximate surface area is 178 Å². The first-order chi connectivity index (χ1) is 13.4. The van der Waals surface area contributed by atoms with Crippen molar-refractivity contribution in [3.8, 4) is 5.69 Å². The number of rotatable bonds is 7. The fraction of sp³-hybridized carbons (Fsp3) is 0.188. The molecule has 0 bridgehead atoms. The minimum atomic E-state index is -2.27. The number of benzene rings is 1. The van der Waals surface area contributed by atoms with Gasteiger partial charge in [0.2, 0.25) is 14.7 Å². The second kappa shape index (κ2) is 8.95. The van der Waals surface area contributed by atoms with Crippen LogP contribution >= 0.6 is 46.6 Å². The zero-order valence-electron chi connectivity index (χ0n) is 13.9. The van der Waals surface area contributed by atoms with Crippen LogP contribution in [0.5, 0.6) is 0 Å². The number of carbonyl (C=O) groups excluding carboxylic acids is 2. The van der Waals surface area contributed by atoms with E-state index in [1.165, 1.54) is 23.3 Å². The molecule has 1 aromatic carbocycles. The fourth-order valence-electron chi connectivity index (χ4n) is 2.29. The normalized spacial score (nSPS) is 12.5. The minimum absolute atomic E-state index is 0.104. The first-order valence-electron chi connectivity index (χ1n) is 7.74. The maximum absolute atomic E-state index is 12.8. The first-order valence-corrected chi connectivity index (χ1v) is 9.86. The van der Waals surface area contributed by atoms with E-state index in [4.69, 9.17) is 34.8 Å². The molecule has 2 aromatic heterocycles. The number of hydrogen-bond donors (Lipinski definition) is 0. The predicted molar refractivity (Wildman–Crippen MR) is 105 cm³/mol. The molecule has 12 heteroatoms. The van der Waals surface area contributed by atoms with E-state index in [0.29, 0.717) is 5.16 Å². The number of nitrogens with zero attached hydrogens (tertiary/aromatic N) is 6. The standard InChI is InChI=1S/C16H11Cl3N6O2S/c17-16(18,19)14(27)13(11-8-20-6-7-21-11)12(26)9-28-15-22-23-24-25(15)10-4-2-1-3-5-10/h1-8,13H,9H2. The average Bonchev–Trinajstić information content (AvgIpc) is 3.16. The van der Waals surface area contributed by atoms with Crippen LogP contribution in [0.25, 0.3) is 5.69 Å². The van der Waals surface area contributed by atoms with E-state index in [1.807, 2.05) is 30.3 Å². The summed E-state index contributed by atoms with van der Waals surface area (Å²) in [6.07, 6.45) is 4.05. The molecule has 3 aromatic rings. The number of Topliss-reactive ketones (excluding diaryl/α,β-unsaturated/α-hetero) is 2. The summed E-state index contributed by atoms with van der Waals surface area (Å²) in [5, 5.41) is 11.8. The lowest BCUT2D eigenvalue weighted by Gasteiger charge is -2.18. The second-order valence-corrected chi connectivity index (χ2v) is 8.61. The molecule has 0 aliphatic rings. The van der Waals surface area contributed by atoms with Crippen LogP contribution in [-0.4, -0.2) is 51.3 Å². The van der Waals surface area contributed by atoms with Gasteiger partial charge in [-0.25, -0.2) is 0 Å². The molecule has 0 fully saturated rings. The van der Waals surface area contributed by atoms with E-state index in [2.05, 4.69) is 25.5 Å². The van der Waals surface area contributed by atoms with Gasteiger partial charge >= 0.3 is 0 Å². The van der Waals surface area contributed by atoms with Crippen molar-refractivity contribution >= 4 is 58.1 Å². The summed E-state index contributed by atoms with van der Waals surface area (Å²) in [4.78, 5) is 33.2. The van der Waals surface area contributed by atoms with Crippen molar-refractivity contribution in [3.05, 3.63) is 54.6 Å². The molecule has 0 saturated carbocycles. The van der Waals surface area contributed by atoms with Gasteiger partial charge < -0.3 is 0 Å². The summed E-state index contributed by atoms with van der Waals surface area (Å²) >= 11 is 18.2. The summed E-state index contributed by atoms with van der Waals surface area (Å²) in [7, 11) is 0. The number of thioether (sulfide) groups is 1. The molecule has 0 amide bonds. The molecule has 0 radical (unpaired) electrons. The number of alkyl halides is 3. The number of halogens is 3. The smallest absolute Gasteiger partial charge is 0.249 e. The van der Waals surface area contributed by atoms with E-state index >= 15 is 0 Å². The van der Waals surface area contributed by atoms with Gasteiger partial charge in [0.05, 0.1) is 17.1 Å². The van der Waals surface area contributed by atoms with E-state index in [0.717, 1.165) is 17.4 Å². The predicted octanol–water partition coefficient (Wildman–Crippen LogP) is 2.84. The Morgan fingerprint density at radius 2 is 1.89 bits per heavy atom. The lowest BCUT2D eigenvalue weighted by atomic mass is 9.97. The molecule has 28 heavy (non-hydrogen) atoms. The van der Waals surface area contributed by atoms with Crippen molar-refractivity contribution in [2.75, 3.05) is 5.75 Å². The summed E-state index contributed by atoms with van der Waals surface area (Å²) in [6, 6.07) is 9.16. The summed E-state index contributed by atoms with van der Waals surface area (Å²) in [5.74, 6) is -2.91. The Hall–Kier alpha value is -2.07. The number of carbonyl (C=O) groups is 2. The Morgan fingerprint density at radius 3 is 2.54 bits per heavy atom. The van der Waals surface area contributed by atoms with Crippen LogP contribution in [-0.2, 0) is 9.59 Å². The maximum atomic E-state index is 12.8. The van der Waals surface area contributed by atoms with Gasteiger partial charge in [0.1, 0.15) is 5.92 Å². The second-order valence-electron chi connectivity index (χ2n) is 5.39. The Balaban J connectivity index is 1.81. The van der Waals surface area contributed by atoms with Crippen molar-refractivity contribution in [1.82, 2.24) is 30.2 Å². The number of ketones is 2. The van der Waals surface area contributed by atoms with Crippen LogP contribution in [0.3, 0.4) is 0 Å². The summed E-state index contributed by atoms with van der Waals surface area (Å²) in [6.45, 7) is 0. The van der Waals surface area contributed by atoms with E-state index in [9.17, 15) is 9.59 Å². The van der Waals surface area contributed by atoms with Crippen LogP contribution in [0.1, 0.15) is 11.6 Å². The molecule has 2 heterocycles. The molecule has 0 N–H and O–H groups in total. The van der Waals surface area contributed by atoms with Crippen molar-refractivity contribution in [1.29, 1.82) is 0 Å². The zero-order chi connectivity index (χ0) is 20.1. The Morgan fingerprint density at radius 1 is 1.14 bits per heavy atom. The van der Waals surface area contributed by atoms with Gasteiger partial charge in [0.25, 0.3) is 0 Å². The van der Waals surface area contributed by atoms with Crippen molar-refractivity contribution < 1.29 is 9.59 Å². The Bertz CT molecular complexity index is 965. The molecule has 1 atom stereocenters. The molecule has 144 valence electrons. The third kappa shape index (κ3) is 4.85. The van der Waals surface area contributed by atoms with Crippen LogP contribution in [0.15, 0.2) is 54.1 Å². The highest BCUT2D eigenvalue weighted by molar-refractivity contribution is 7.99. The third-order valence-corrected chi connectivity index (χ3v) is 5.03. The number of para-hydroxylation sites is 1. The maximum Gasteiger partial charge on any atom is 0.249 e. The van der Waals surface area contributed by atoms with Gasteiger partial charge in [-0.1, -0.05) is 64.8 Å². The van der Waals surface area contributed by atoms with Crippen LogP contribution in [0, 0.1) is 0 Å². The van der Waals surface area contributed by atoms with Gasteiger partial charge in [-0.2, -0.15) is 4.68 Å². The number of hydrogen-bond acceptors (Lipinski definition) is 8. The van der Waals surface area contributed by atoms with Crippen LogP contribution < -0.4 is 0 Å². The highest BCUT2D eigenvalue weighted by atomic mass is 35.6. The molecule has 0 saturated heterocycles. The van der Waals surface area contributed by atoms with Crippen molar-refractivity contribution in [2.24, 2.45) is 0 Å². The summed E-state index contributed by atoms with van der Waals surface area (Å²) < 4.78 is -0.791. The quantitative estimate of drug-likeness (QED) is 0.303. The van der Waals surface area contributed by atoms with E-state index in [1.54, 1.807) is 0 Å².